The second-order valence-electron chi connectivity index (χ2n) is 8.73. The molecule has 0 radical (unpaired) electrons. The van der Waals surface area contributed by atoms with Crippen LogP contribution < -0.4 is 10.9 Å². The fourth-order valence-electron chi connectivity index (χ4n) is 4.68. The number of carbonyl (C=O) groups excluding carboxylic acids is 1. The molecule has 1 heterocycles. The highest BCUT2D eigenvalue weighted by Gasteiger charge is 2.33. The third-order valence-corrected chi connectivity index (χ3v) is 6.47. The lowest BCUT2D eigenvalue weighted by Gasteiger charge is -2.38. The molecule has 0 spiro atoms. The van der Waals surface area contributed by atoms with Crippen molar-refractivity contribution in [2.24, 2.45) is 7.05 Å². The maximum absolute atomic E-state index is 13.4. The van der Waals surface area contributed by atoms with Gasteiger partial charge in [0.15, 0.2) is 0 Å². The number of fused-ring (bicyclic) bond motifs is 1. The maximum atomic E-state index is 13.4. The fourth-order valence-corrected chi connectivity index (χ4v) is 4.68. The molecule has 1 aromatic heterocycles. The molecule has 1 unspecified atom stereocenters. The van der Waals surface area contributed by atoms with Gasteiger partial charge in [-0.3, -0.25) is 9.36 Å². The first kappa shape index (κ1) is 23.8. The van der Waals surface area contributed by atoms with Crippen LogP contribution in [0.15, 0.2) is 53.3 Å². The van der Waals surface area contributed by atoms with E-state index < -0.39 is 23.8 Å². The number of rotatable bonds is 4. The molecule has 1 aliphatic rings. The number of anilines is 1. The highest BCUT2D eigenvalue weighted by molar-refractivity contribution is 5.90. The average molecular weight is 473 g/mol. The molecule has 1 saturated carbocycles. The van der Waals surface area contributed by atoms with Crippen molar-refractivity contribution in [2.45, 2.75) is 57.3 Å². The lowest BCUT2D eigenvalue weighted by Crippen LogP contribution is -2.46. The smallest absolute Gasteiger partial charge is 0.312 e. The van der Waals surface area contributed by atoms with E-state index in [1.807, 2.05) is 6.92 Å². The molecule has 1 fully saturated rings. The van der Waals surface area contributed by atoms with Crippen molar-refractivity contribution >= 4 is 22.6 Å². The minimum absolute atomic E-state index is 0.0680. The Labute approximate surface area is 195 Å². The summed E-state index contributed by atoms with van der Waals surface area (Å²) in [7, 11) is 1.64. The third-order valence-electron chi connectivity index (χ3n) is 6.47. The van der Waals surface area contributed by atoms with Gasteiger partial charge in [-0.25, -0.2) is 9.78 Å². The SMILES string of the molecule is CC(c1nc2ccccc2c(=O)n1C)N(C(=O)Nc1ccc(C(F)(F)F)cc1)C1CCCCC1. The lowest BCUT2D eigenvalue weighted by atomic mass is 9.93. The van der Waals surface area contributed by atoms with Crippen molar-refractivity contribution in [3.8, 4) is 0 Å². The number of aromatic nitrogens is 2. The van der Waals surface area contributed by atoms with Gasteiger partial charge < -0.3 is 10.2 Å². The van der Waals surface area contributed by atoms with Crippen LogP contribution in [0.5, 0.6) is 0 Å². The molecular weight excluding hydrogens is 445 g/mol. The number of benzene rings is 2. The van der Waals surface area contributed by atoms with Gasteiger partial charge in [-0.1, -0.05) is 31.4 Å². The molecule has 2 aromatic carbocycles. The van der Waals surface area contributed by atoms with E-state index in [2.05, 4.69) is 5.32 Å². The van der Waals surface area contributed by atoms with Crippen LogP contribution in [0.1, 0.15) is 56.5 Å². The Bertz CT molecular complexity index is 1230. The van der Waals surface area contributed by atoms with Gasteiger partial charge in [0.1, 0.15) is 5.82 Å². The quantitative estimate of drug-likeness (QED) is 0.516. The van der Waals surface area contributed by atoms with Crippen LogP contribution in [-0.4, -0.2) is 26.5 Å². The second-order valence-corrected chi connectivity index (χ2v) is 8.73. The van der Waals surface area contributed by atoms with E-state index in [9.17, 15) is 22.8 Å². The van der Waals surface area contributed by atoms with Gasteiger partial charge in [0.05, 0.1) is 22.5 Å². The predicted octanol–water partition coefficient (Wildman–Crippen LogP) is 5.88. The Kier molecular flexibility index (Phi) is 6.63. The normalized spacial score (nSPS) is 15.8. The van der Waals surface area contributed by atoms with Gasteiger partial charge in [-0.05, 0) is 56.2 Å². The molecule has 0 aliphatic heterocycles. The standard InChI is InChI=1S/C25H27F3N4O2/c1-16(22-30-21-11-7-6-10-20(21)23(33)31(22)2)32(19-8-4-3-5-9-19)24(34)29-18-14-12-17(13-15-18)25(26,27)28/h6-7,10-16,19H,3-5,8-9H2,1-2H3,(H,29,34). The highest BCUT2D eigenvalue weighted by atomic mass is 19.4. The van der Waals surface area contributed by atoms with Crippen molar-refractivity contribution in [1.29, 1.82) is 0 Å². The van der Waals surface area contributed by atoms with Gasteiger partial charge in [-0.2, -0.15) is 13.2 Å². The number of para-hydroxylation sites is 1. The molecule has 1 N–H and O–H groups in total. The first-order valence-electron chi connectivity index (χ1n) is 11.4. The molecule has 34 heavy (non-hydrogen) atoms. The van der Waals surface area contributed by atoms with Gasteiger partial charge in [0, 0.05) is 18.8 Å². The number of halogens is 3. The number of amides is 2. The monoisotopic (exact) mass is 472 g/mol. The number of nitrogens with one attached hydrogen (secondary N) is 1. The molecule has 0 saturated heterocycles. The van der Waals surface area contributed by atoms with Crippen molar-refractivity contribution in [3.05, 3.63) is 70.3 Å². The minimum Gasteiger partial charge on any atom is -0.312 e. The van der Waals surface area contributed by atoms with Crippen molar-refractivity contribution in [2.75, 3.05) is 5.32 Å². The number of carbonyl (C=O) groups is 1. The number of hydrogen-bond donors (Lipinski definition) is 1. The summed E-state index contributed by atoms with van der Waals surface area (Å²) in [5.41, 5.74) is -0.150. The van der Waals surface area contributed by atoms with E-state index in [0.717, 1.165) is 44.2 Å². The molecule has 2 amide bonds. The van der Waals surface area contributed by atoms with Crippen molar-refractivity contribution in [3.63, 3.8) is 0 Å². The van der Waals surface area contributed by atoms with Gasteiger partial charge in [-0.15, -0.1) is 0 Å². The van der Waals surface area contributed by atoms with Crippen LogP contribution in [0.2, 0.25) is 0 Å². The van der Waals surface area contributed by atoms with Gasteiger partial charge in [0.25, 0.3) is 5.56 Å². The molecule has 180 valence electrons. The average Bonchev–Trinajstić information content (AvgIpc) is 2.82. The van der Waals surface area contributed by atoms with Crippen LogP contribution in [0.3, 0.4) is 0 Å². The van der Waals surface area contributed by atoms with E-state index in [4.69, 9.17) is 4.98 Å². The summed E-state index contributed by atoms with van der Waals surface area (Å²) in [6, 6.07) is 10.4. The summed E-state index contributed by atoms with van der Waals surface area (Å²) < 4.78 is 40.2. The molecule has 6 nitrogen and oxygen atoms in total. The summed E-state index contributed by atoms with van der Waals surface area (Å²) in [5, 5.41) is 3.24. The maximum Gasteiger partial charge on any atom is 0.416 e. The molecule has 3 aromatic rings. The van der Waals surface area contributed by atoms with Crippen molar-refractivity contribution < 1.29 is 18.0 Å². The molecule has 0 bridgehead atoms. The van der Waals surface area contributed by atoms with Crippen LogP contribution in [0.25, 0.3) is 10.9 Å². The summed E-state index contributed by atoms with van der Waals surface area (Å²) in [6.07, 6.45) is 0.222. The fraction of sp³-hybridized carbons (Fsp3) is 0.400. The molecule has 4 rings (SSSR count). The molecule has 9 heteroatoms. The number of alkyl halides is 3. The number of nitrogens with zero attached hydrogens (tertiary/aromatic N) is 3. The van der Waals surface area contributed by atoms with Crippen LogP contribution in [0.4, 0.5) is 23.7 Å². The van der Waals surface area contributed by atoms with Crippen molar-refractivity contribution in [1.82, 2.24) is 14.5 Å². The van der Waals surface area contributed by atoms with Crippen LogP contribution >= 0.6 is 0 Å². The largest absolute Gasteiger partial charge is 0.416 e. The first-order chi connectivity index (χ1) is 16.2. The summed E-state index contributed by atoms with van der Waals surface area (Å²) in [6.45, 7) is 1.83. The summed E-state index contributed by atoms with van der Waals surface area (Å²) >= 11 is 0. The number of urea groups is 1. The summed E-state index contributed by atoms with van der Waals surface area (Å²) in [5.74, 6) is 0.455. The molecule has 1 atom stereocenters. The Morgan fingerprint density at radius 1 is 1.09 bits per heavy atom. The Balaban J connectivity index is 1.67. The Morgan fingerprint density at radius 2 is 1.74 bits per heavy atom. The Hall–Kier alpha value is -3.36. The topological polar surface area (TPSA) is 67.2 Å². The third kappa shape index (κ3) is 4.78. The van der Waals surface area contributed by atoms with E-state index in [1.54, 1.807) is 36.2 Å². The Morgan fingerprint density at radius 3 is 2.38 bits per heavy atom. The second kappa shape index (κ2) is 9.48. The van der Waals surface area contributed by atoms with E-state index >= 15 is 0 Å². The zero-order valence-corrected chi connectivity index (χ0v) is 19.1. The first-order valence-corrected chi connectivity index (χ1v) is 11.4. The van der Waals surface area contributed by atoms with Gasteiger partial charge >= 0.3 is 12.2 Å². The number of hydrogen-bond acceptors (Lipinski definition) is 3. The summed E-state index contributed by atoms with van der Waals surface area (Å²) in [4.78, 5) is 32.8. The van der Waals surface area contributed by atoms with E-state index in [0.29, 0.717) is 16.7 Å². The minimum atomic E-state index is -4.45. The predicted molar refractivity (Wildman–Crippen MR) is 125 cm³/mol. The molecule has 1 aliphatic carbocycles. The van der Waals surface area contributed by atoms with Crippen LogP contribution in [-0.2, 0) is 13.2 Å². The lowest BCUT2D eigenvalue weighted by molar-refractivity contribution is -0.137. The van der Waals surface area contributed by atoms with Crippen LogP contribution in [0, 0.1) is 0 Å². The van der Waals surface area contributed by atoms with E-state index in [1.165, 1.54) is 16.7 Å². The highest BCUT2D eigenvalue weighted by Crippen LogP contribution is 2.32. The molecular formula is C25H27F3N4O2. The zero-order valence-electron chi connectivity index (χ0n) is 19.1. The van der Waals surface area contributed by atoms with Gasteiger partial charge in [0.2, 0.25) is 0 Å². The van der Waals surface area contributed by atoms with E-state index in [-0.39, 0.29) is 17.3 Å². The zero-order chi connectivity index (χ0) is 24.5.